The van der Waals surface area contributed by atoms with Gasteiger partial charge >= 0.3 is 0 Å². The molecule has 0 fully saturated rings. The molecule has 4 nitrogen and oxygen atoms in total. The van der Waals surface area contributed by atoms with Crippen molar-refractivity contribution in [2.75, 3.05) is 5.73 Å². The van der Waals surface area contributed by atoms with Crippen LogP contribution in [-0.2, 0) is 0 Å². The molecule has 0 saturated heterocycles. The van der Waals surface area contributed by atoms with Gasteiger partial charge < -0.3 is 5.73 Å². The Kier molecular flexibility index (Phi) is 2.41. The predicted molar refractivity (Wildman–Crippen MR) is 71.9 cm³/mol. The van der Waals surface area contributed by atoms with Crippen molar-refractivity contribution >= 4 is 16.7 Å². The van der Waals surface area contributed by atoms with E-state index < -0.39 is 0 Å². The minimum atomic E-state index is 0.255. The fourth-order valence-electron chi connectivity index (χ4n) is 2.04. The van der Waals surface area contributed by atoms with Gasteiger partial charge in [-0.2, -0.15) is 9.97 Å². The van der Waals surface area contributed by atoms with E-state index in [0.717, 1.165) is 16.3 Å². The third kappa shape index (κ3) is 1.78. The fraction of sp³-hybridized carbons (Fsp3) is 0.0714. The minimum absolute atomic E-state index is 0.255. The van der Waals surface area contributed by atoms with Gasteiger partial charge in [0.1, 0.15) is 5.82 Å². The molecule has 2 aromatic carbocycles. The summed E-state index contributed by atoms with van der Waals surface area (Å²) in [5.41, 5.74) is 6.66. The zero-order valence-electron chi connectivity index (χ0n) is 9.96. The Hall–Kier alpha value is -2.49. The molecule has 3 rings (SSSR count). The standard InChI is InChI=1S/C14H12N4/c1-9-16-13(18-14(15)17-9)12-8-4-6-10-5-2-3-7-11(10)12/h2-8H,1H3,(H2,15,16,17,18). The highest BCUT2D eigenvalue weighted by molar-refractivity contribution is 5.95. The highest BCUT2D eigenvalue weighted by atomic mass is 15.1. The summed E-state index contributed by atoms with van der Waals surface area (Å²) in [5, 5.41) is 2.27. The van der Waals surface area contributed by atoms with E-state index in [4.69, 9.17) is 5.73 Å². The number of hydrogen-bond donors (Lipinski definition) is 1. The number of fused-ring (bicyclic) bond motifs is 1. The average Bonchev–Trinajstić information content (AvgIpc) is 2.37. The van der Waals surface area contributed by atoms with Gasteiger partial charge in [0.05, 0.1) is 0 Å². The van der Waals surface area contributed by atoms with Gasteiger partial charge in [-0.25, -0.2) is 4.98 Å². The fourth-order valence-corrected chi connectivity index (χ4v) is 2.04. The van der Waals surface area contributed by atoms with Crippen LogP contribution in [0.5, 0.6) is 0 Å². The normalized spacial score (nSPS) is 10.7. The van der Waals surface area contributed by atoms with Crippen molar-refractivity contribution in [3.05, 3.63) is 48.3 Å². The molecule has 0 spiro atoms. The maximum Gasteiger partial charge on any atom is 0.223 e. The number of anilines is 1. The second-order valence-electron chi connectivity index (χ2n) is 4.09. The molecule has 2 N–H and O–H groups in total. The Morgan fingerprint density at radius 2 is 1.67 bits per heavy atom. The topological polar surface area (TPSA) is 64.7 Å². The van der Waals surface area contributed by atoms with Crippen molar-refractivity contribution in [1.82, 2.24) is 15.0 Å². The third-order valence-corrected chi connectivity index (χ3v) is 2.80. The van der Waals surface area contributed by atoms with Crippen molar-refractivity contribution in [1.29, 1.82) is 0 Å². The summed E-state index contributed by atoms with van der Waals surface area (Å²) in [6.45, 7) is 1.81. The molecular weight excluding hydrogens is 224 g/mol. The zero-order chi connectivity index (χ0) is 12.5. The average molecular weight is 236 g/mol. The second kappa shape index (κ2) is 4.07. The molecule has 1 aromatic heterocycles. The predicted octanol–water partition coefficient (Wildman–Crippen LogP) is 2.58. The van der Waals surface area contributed by atoms with E-state index in [1.54, 1.807) is 0 Å². The maximum atomic E-state index is 5.68. The van der Waals surface area contributed by atoms with Gasteiger partial charge in [0, 0.05) is 5.56 Å². The molecule has 0 aliphatic carbocycles. The van der Waals surface area contributed by atoms with Crippen molar-refractivity contribution < 1.29 is 0 Å². The molecule has 0 bridgehead atoms. The Morgan fingerprint density at radius 3 is 2.50 bits per heavy atom. The summed E-state index contributed by atoms with van der Waals surface area (Å²) < 4.78 is 0. The van der Waals surface area contributed by atoms with Gasteiger partial charge in [-0.15, -0.1) is 0 Å². The van der Waals surface area contributed by atoms with Crippen molar-refractivity contribution in [3.8, 4) is 11.4 Å². The smallest absolute Gasteiger partial charge is 0.223 e. The monoisotopic (exact) mass is 236 g/mol. The first-order valence-corrected chi connectivity index (χ1v) is 5.70. The van der Waals surface area contributed by atoms with E-state index >= 15 is 0 Å². The van der Waals surface area contributed by atoms with Crippen LogP contribution >= 0.6 is 0 Å². The largest absolute Gasteiger partial charge is 0.368 e. The number of nitrogen functional groups attached to an aromatic ring is 1. The summed E-state index contributed by atoms with van der Waals surface area (Å²) in [4.78, 5) is 12.6. The lowest BCUT2D eigenvalue weighted by Gasteiger charge is -2.06. The number of hydrogen-bond acceptors (Lipinski definition) is 4. The van der Waals surface area contributed by atoms with Crippen molar-refractivity contribution in [2.45, 2.75) is 6.92 Å². The SMILES string of the molecule is Cc1nc(N)nc(-c2cccc3ccccc23)n1. The first kappa shape index (κ1) is 10.7. The van der Waals surface area contributed by atoms with Crippen LogP contribution in [0.4, 0.5) is 5.95 Å². The Labute approximate surface area is 105 Å². The maximum absolute atomic E-state index is 5.68. The van der Waals surface area contributed by atoms with Crippen LogP contribution in [0.1, 0.15) is 5.82 Å². The van der Waals surface area contributed by atoms with Gasteiger partial charge in [-0.1, -0.05) is 42.5 Å². The van der Waals surface area contributed by atoms with Gasteiger partial charge in [0.15, 0.2) is 5.82 Å². The molecule has 4 heteroatoms. The minimum Gasteiger partial charge on any atom is -0.368 e. The lowest BCUT2D eigenvalue weighted by molar-refractivity contribution is 0.998. The highest BCUT2D eigenvalue weighted by Gasteiger charge is 2.07. The molecule has 0 amide bonds. The number of benzene rings is 2. The molecule has 0 saturated carbocycles. The molecule has 0 unspecified atom stereocenters. The summed E-state index contributed by atoms with van der Waals surface area (Å²) >= 11 is 0. The van der Waals surface area contributed by atoms with E-state index in [9.17, 15) is 0 Å². The Balaban J connectivity index is 2.31. The van der Waals surface area contributed by atoms with Crippen LogP contribution in [0.2, 0.25) is 0 Å². The van der Waals surface area contributed by atoms with Crippen molar-refractivity contribution in [2.24, 2.45) is 0 Å². The second-order valence-corrected chi connectivity index (χ2v) is 4.09. The number of rotatable bonds is 1. The Bertz CT molecular complexity index is 696. The summed E-state index contributed by atoms with van der Waals surface area (Å²) in [5.74, 6) is 1.51. The molecule has 18 heavy (non-hydrogen) atoms. The van der Waals surface area contributed by atoms with Gasteiger partial charge in [-0.3, -0.25) is 0 Å². The zero-order valence-corrected chi connectivity index (χ0v) is 9.96. The van der Waals surface area contributed by atoms with E-state index in [2.05, 4.69) is 33.2 Å². The molecule has 0 aliphatic heterocycles. The first-order valence-electron chi connectivity index (χ1n) is 5.70. The molecule has 0 aliphatic rings. The number of nitrogens with zero attached hydrogens (tertiary/aromatic N) is 3. The van der Waals surface area contributed by atoms with E-state index in [0.29, 0.717) is 11.6 Å². The molecule has 0 atom stereocenters. The van der Waals surface area contributed by atoms with Gasteiger partial charge in [0.25, 0.3) is 0 Å². The van der Waals surface area contributed by atoms with Crippen LogP contribution < -0.4 is 5.73 Å². The van der Waals surface area contributed by atoms with E-state index in [1.165, 1.54) is 0 Å². The highest BCUT2D eigenvalue weighted by Crippen LogP contribution is 2.26. The lowest BCUT2D eigenvalue weighted by atomic mass is 10.0. The van der Waals surface area contributed by atoms with E-state index in [1.807, 2.05) is 31.2 Å². The summed E-state index contributed by atoms with van der Waals surface area (Å²) in [6.07, 6.45) is 0. The van der Waals surface area contributed by atoms with Gasteiger partial charge in [-0.05, 0) is 17.7 Å². The van der Waals surface area contributed by atoms with Crippen LogP contribution in [0.15, 0.2) is 42.5 Å². The van der Waals surface area contributed by atoms with Crippen LogP contribution in [0.3, 0.4) is 0 Å². The molecule has 0 radical (unpaired) electrons. The number of aryl methyl sites for hydroxylation is 1. The molecule has 3 aromatic rings. The summed E-state index contributed by atoms with van der Waals surface area (Å²) in [7, 11) is 0. The molecule has 88 valence electrons. The summed E-state index contributed by atoms with van der Waals surface area (Å²) in [6, 6.07) is 14.2. The van der Waals surface area contributed by atoms with Crippen LogP contribution in [0.25, 0.3) is 22.2 Å². The third-order valence-electron chi connectivity index (χ3n) is 2.80. The van der Waals surface area contributed by atoms with Crippen molar-refractivity contribution in [3.63, 3.8) is 0 Å². The Morgan fingerprint density at radius 1 is 0.889 bits per heavy atom. The van der Waals surface area contributed by atoms with Gasteiger partial charge in [0.2, 0.25) is 5.95 Å². The molecular formula is C14H12N4. The number of aromatic nitrogens is 3. The van der Waals surface area contributed by atoms with Crippen LogP contribution in [-0.4, -0.2) is 15.0 Å². The van der Waals surface area contributed by atoms with Crippen LogP contribution in [0, 0.1) is 6.92 Å². The van der Waals surface area contributed by atoms with E-state index in [-0.39, 0.29) is 5.95 Å². The first-order chi connectivity index (χ1) is 8.74. The molecule has 1 heterocycles. The lowest BCUT2D eigenvalue weighted by Crippen LogP contribution is -2.02. The quantitative estimate of drug-likeness (QED) is 0.705. The number of nitrogens with two attached hydrogens (primary N) is 1.